The summed E-state index contributed by atoms with van der Waals surface area (Å²) < 4.78 is 30.7. The van der Waals surface area contributed by atoms with Crippen LogP contribution in [0.3, 0.4) is 0 Å². The van der Waals surface area contributed by atoms with E-state index in [1.54, 1.807) is 37.3 Å². The predicted octanol–water partition coefficient (Wildman–Crippen LogP) is 2.89. The summed E-state index contributed by atoms with van der Waals surface area (Å²) in [5.74, 6) is 0.134. The third-order valence-corrected chi connectivity index (χ3v) is 5.19. The Morgan fingerprint density at radius 3 is 2.57 bits per heavy atom. The van der Waals surface area contributed by atoms with Crippen molar-refractivity contribution < 1.29 is 13.2 Å². The van der Waals surface area contributed by atoms with E-state index in [1.807, 2.05) is 0 Å². The van der Waals surface area contributed by atoms with Gasteiger partial charge in [-0.1, -0.05) is 24.3 Å². The van der Waals surface area contributed by atoms with E-state index in [2.05, 4.69) is 4.98 Å². The number of ether oxygens (including phenoxy) is 1. The number of methoxy groups -OCH3 is 1. The topological polar surface area (TPSA) is 59.5 Å². The summed E-state index contributed by atoms with van der Waals surface area (Å²) in [4.78, 5) is 4.33. The molecular weight excluding hydrogens is 312 g/mol. The van der Waals surface area contributed by atoms with Crippen LogP contribution in [0.1, 0.15) is 11.3 Å². The molecule has 0 amide bonds. The number of aryl methyl sites for hydroxylation is 1. The number of hydrogen-bond donors (Lipinski definition) is 0. The zero-order valence-corrected chi connectivity index (χ0v) is 13.2. The van der Waals surface area contributed by atoms with E-state index in [9.17, 15) is 8.42 Å². The Morgan fingerprint density at radius 2 is 1.90 bits per heavy atom. The van der Waals surface area contributed by atoms with Crippen molar-refractivity contribution in [3.05, 3.63) is 53.7 Å². The van der Waals surface area contributed by atoms with Gasteiger partial charge in [0.1, 0.15) is 0 Å². The molecule has 0 saturated heterocycles. The fourth-order valence-electron chi connectivity index (χ4n) is 1.85. The molecule has 0 unspecified atom stereocenters. The second kappa shape index (κ2) is 6.43. The lowest BCUT2D eigenvalue weighted by Crippen LogP contribution is -2.23. The van der Waals surface area contributed by atoms with Crippen LogP contribution in [-0.2, 0) is 21.4 Å². The molecule has 1 heterocycles. The van der Waals surface area contributed by atoms with Gasteiger partial charge in [-0.15, -0.1) is 0 Å². The number of sulfonamides is 1. The molecular formula is C14H15ClN2O3S. The summed E-state index contributed by atoms with van der Waals surface area (Å²) in [6.07, 6.45) is 0. The quantitative estimate of drug-likeness (QED) is 0.793. The average Bonchev–Trinajstić information content (AvgIpc) is 2.47. The van der Waals surface area contributed by atoms with Gasteiger partial charge >= 0.3 is 0 Å². The summed E-state index contributed by atoms with van der Waals surface area (Å²) in [5.41, 5.74) is 1.22. The van der Waals surface area contributed by atoms with Crippen LogP contribution in [0.4, 0.5) is 5.82 Å². The summed E-state index contributed by atoms with van der Waals surface area (Å²) in [6.45, 7) is 2.00. The molecule has 2 rings (SSSR count). The molecule has 1 aromatic carbocycles. The molecule has 0 saturated carbocycles. The molecule has 0 radical (unpaired) electrons. The van der Waals surface area contributed by atoms with Gasteiger partial charge < -0.3 is 4.74 Å². The van der Waals surface area contributed by atoms with Crippen molar-refractivity contribution in [1.29, 1.82) is 0 Å². The Morgan fingerprint density at radius 1 is 1.19 bits per heavy atom. The standard InChI is InChI=1S/C14H15ClN2O3S/c1-11-6-3-4-8-13(11)21(18,19)17(15)14-9-5-7-12(16-14)10-20-2/h3-9H,10H2,1-2H3. The summed E-state index contributed by atoms with van der Waals surface area (Å²) in [5, 5.41) is 0. The van der Waals surface area contributed by atoms with Crippen LogP contribution in [0, 0.1) is 6.92 Å². The van der Waals surface area contributed by atoms with E-state index in [4.69, 9.17) is 16.5 Å². The number of anilines is 1. The maximum atomic E-state index is 12.5. The van der Waals surface area contributed by atoms with Crippen molar-refractivity contribution in [3.63, 3.8) is 0 Å². The second-order valence-electron chi connectivity index (χ2n) is 4.41. The molecule has 0 aliphatic heterocycles. The van der Waals surface area contributed by atoms with Gasteiger partial charge in [-0.25, -0.2) is 4.98 Å². The number of rotatable bonds is 5. The number of halogens is 1. The van der Waals surface area contributed by atoms with Crippen LogP contribution in [0.5, 0.6) is 0 Å². The van der Waals surface area contributed by atoms with Crippen LogP contribution >= 0.6 is 11.8 Å². The van der Waals surface area contributed by atoms with Crippen LogP contribution < -0.4 is 3.82 Å². The molecule has 1 aromatic heterocycles. The largest absolute Gasteiger partial charge is 0.378 e. The van der Waals surface area contributed by atoms with Gasteiger partial charge in [-0.05, 0) is 30.7 Å². The van der Waals surface area contributed by atoms with Gasteiger partial charge in [0.05, 0.1) is 17.2 Å². The molecule has 0 spiro atoms. The Balaban J connectivity index is 2.41. The van der Waals surface area contributed by atoms with Crippen molar-refractivity contribution in [2.75, 3.05) is 10.9 Å². The molecule has 0 atom stereocenters. The normalized spacial score (nSPS) is 11.4. The molecule has 7 heteroatoms. The van der Waals surface area contributed by atoms with Crippen molar-refractivity contribution >= 4 is 27.6 Å². The smallest absolute Gasteiger partial charge is 0.279 e. The first kappa shape index (κ1) is 15.8. The minimum atomic E-state index is -3.86. The summed E-state index contributed by atoms with van der Waals surface area (Å²) in [7, 11) is -2.32. The Hall–Kier alpha value is -1.63. The second-order valence-corrected chi connectivity index (χ2v) is 6.70. The van der Waals surface area contributed by atoms with Gasteiger partial charge in [0, 0.05) is 18.9 Å². The predicted molar refractivity (Wildman–Crippen MR) is 81.6 cm³/mol. The van der Waals surface area contributed by atoms with E-state index < -0.39 is 10.0 Å². The summed E-state index contributed by atoms with van der Waals surface area (Å²) in [6, 6.07) is 11.6. The fraction of sp³-hybridized carbons (Fsp3) is 0.214. The number of aromatic nitrogens is 1. The van der Waals surface area contributed by atoms with E-state index in [0.29, 0.717) is 15.1 Å². The molecule has 5 nitrogen and oxygen atoms in total. The minimum Gasteiger partial charge on any atom is -0.378 e. The van der Waals surface area contributed by atoms with Crippen molar-refractivity contribution in [3.8, 4) is 0 Å². The first-order valence-electron chi connectivity index (χ1n) is 6.18. The third kappa shape index (κ3) is 3.34. The lowest BCUT2D eigenvalue weighted by atomic mass is 10.2. The highest BCUT2D eigenvalue weighted by atomic mass is 35.5. The van der Waals surface area contributed by atoms with E-state index in [-0.39, 0.29) is 17.3 Å². The Kier molecular flexibility index (Phi) is 4.82. The van der Waals surface area contributed by atoms with Gasteiger partial charge in [-0.2, -0.15) is 12.2 Å². The van der Waals surface area contributed by atoms with E-state index in [0.717, 1.165) is 0 Å². The zero-order chi connectivity index (χ0) is 15.5. The van der Waals surface area contributed by atoms with Gasteiger partial charge in [0.2, 0.25) is 0 Å². The third-order valence-electron chi connectivity index (χ3n) is 2.85. The van der Waals surface area contributed by atoms with Crippen LogP contribution in [0.15, 0.2) is 47.4 Å². The van der Waals surface area contributed by atoms with Gasteiger partial charge in [-0.3, -0.25) is 0 Å². The minimum absolute atomic E-state index is 0.134. The van der Waals surface area contributed by atoms with Crippen LogP contribution in [-0.4, -0.2) is 20.5 Å². The average molecular weight is 327 g/mol. The number of pyridine rings is 1. The number of nitrogens with zero attached hydrogens (tertiary/aromatic N) is 2. The van der Waals surface area contributed by atoms with Crippen molar-refractivity contribution in [2.24, 2.45) is 0 Å². The molecule has 0 bridgehead atoms. The lowest BCUT2D eigenvalue weighted by molar-refractivity contribution is 0.181. The molecule has 0 N–H and O–H groups in total. The van der Waals surface area contributed by atoms with Crippen LogP contribution in [0.2, 0.25) is 0 Å². The van der Waals surface area contributed by atoms with Crippen LogP contribution in [0.25, 0.3) is 0 Å². The molecule has 0 aliphatic rings. The lowest BCUT2D eigenvalue weighted by Gasteiger charge is -2.17. The summed E-state index contributed by atoms with van der Waals surface area (Å²) >= 11 is 6.02. The highest BCUT2D eigenvalue weighted by Gasteiger charge is 2.26. The SMILES string of the molecule is COCc1cccc(N(Cl)S(=O)(=O)c2ccccc2C)n1. The highest BCUT2D eigenvalue weighted by molar-refractivity contribution is 7.94. The molecule has 2 aromatic rings. The van der Waals surface area contributed by atoms with E-state index >= 15 is 0 Å². The van der Waals surface area contributed by atoms with Gasteiger partial charge in [0.15, 0.2) is 5.82 Å². The fourth-order valence-corrected chi connectivity index (χ4v) is 3.41. The first-order chi connectivity index (χ1) is 9.96. The molecule has 21 heavy (non-hydrogen) atoms. The molecule has 112 valence electrons. The molecule has 0 fully saturated rings. The highest BCUT2D eigenvalue weighted by Crippen LogP contribution is 2.26. The Bertz CT molecular complexity index is 735. The number of hydrogen-bond acceptors (Lipinski definition) is 4. The zero-order valence-electron chi connectivity index (χ0n) is 11.7. The maximum absolute atomic E-state index is 12.5. The Labute approximate surface area is 129 Å². The monoisotopic (exact) mass is 326 g/mol. The van der Waals surface area contributed by atoms with Crippen molar-refractivity contribution in [2.45, 2.75) is 18.4 Å². The first-order valence-corrected chi connectivity index (χ1v) is 7.96. The van der Waals surface area contributed by atoms with Gasteiger partial charge in [0.25, 0.3) is 10.0 Å². The maximum Gasteiger partial charge on any atom is 0.279 e. The van der Waals surface area contributed by atoms with E-state index in [1.165, 1.54) is 19.2 Å². The van der Waals surface area contributed by atoms with Crippen molar-refractivity contribution in [1.82, 2.24) is 4.98 Å². The molecule has 0 aliphatic carbocycles. The number of benzene rings is 1.